The van der Waals surface area contributed by atoms with Crippen LogP contribution in [0.4, 0.5) is 0 Å². The highest BCUT2D eigenvalue weighted by molar-refractivity contribution is 5.76. The Morgan fingerprint density at radius 1 is 1.16 bits per heavy atom. The zero-order valence-electron chi connectivity index (χ0n) is 14.1. The second-order valence-electron chi connectivity index (χ2n) is 6.54. The zero-order valence-corrected chi connectivity index (χ0v) is 14.1. The van der Waals surface area contributed by atoms with Gasteiger partial charge in [-0.1, -0.05) is 18.2 Å². The van der Waals surface area contributed by atoms with Gasteiger partial charge < -0.3 is 9.32 Å². The summed E-state index contributed by atoms with van der Waals surface area (Å²) in [5.74, 6) is 1.33. The number of aromatic nitrogens is 2. The van der Waals surface area contributed by atoms with Crippen molar-refractivity contribution in [3.63, 3.8) is 0 Å². The van der Waals surface area contributed by atoms with Gasteiger partial charge in [-0.25, -0.2) is 4.98 Å². The first kappa shape index (κ1) is 15.8. The average molecular weight is 335 g/mol. The largest absolute Gasteiger partial charge is 0.440 e. The van der Waals surface area contributed by atoms with Crippen LogP contribution >= 0.6 is 0 Å². The van der Waals surface area contributed by atoms with Gasteiger partial charge in [0.05, 0.1) is 0 Å². The van der Waals surface area contributed by atoms with Crippen LogP contribution in [-0.2, 0) is 11.2 Å². The van der Waals surface area contributed by atoms with E-state index in [1.54, 1.807) is 6.20 Å². The average Bonchev–Trinajstić information content (AvgIpc) is 3.11. The molecule has 0 spiro atoms. The Kier molecular flexibility index (Phi) is 4.46. The van der Waals surface area contributed by atoms with Gasteiger partial charge in [0.1, 0.15) is 5.52 Å². The smallest absolute Gasteiger partial charge is 0.222 e. The van der Waals surface area contributed by atoms with Gasteiger partial charge in [-0.15, -0.1) is 0 Å². The maximum Gasteiger partial charge on any atom is 0.222 e. The summed E-state index contributed by atoms with van der Waals surface area (Å²) in [7, 11) is 0. The topological polar surface area (TPSA) is 59.2 Å². The minimum atomic E-state index is 0.222. The molecule has 1 aromatic carbocycles. The van der Waals surface area contributed by atoms with Crippen molar-refractivity contribution < 1.29 is 9.21 Å². The molecule has 0 bridgehead atoms. The lowest BCUT2D eigenvalue weighted by atomic mass is 9.96. The predicted octanol–water partition coefficient (Wildman–Crippen LogP) is 3.56. The van der Waals surface area contributed by atoms with Crippen molar-refractivity contribution in [2.45, 2.75) is 31.6 Å². The molecular formula is C20H21N3O2. The third-order valence-electron chi connectivity index (χ3n) is 4.86. The summed E-state index contributed by atoms with van der Waals surface area (Å²) in [6, 6.07) is 11.8. The highest BCUT2D eigenvalue weighted by atomic mass is 16.3. The van der Waals surface area contributed by atoms with Crippen LogP contribution in [0.15, 0.2) is 53.2 Å². The number of piperidine rings is 1. The molecule has 1 aliphatic rings. The molecule has 128 valence electrons. The number of hydrogen-bond acceptors (Lipinski definition) is 4. The number of hydrogen-bond donors (Lipinski definition) is 0. The summed E-state index contributed by atoms with van der Waals surface area (Å²) < 4.78 is 5.89. The molecule has 3 heterocycles. The molecule has 25 heavy (non-hydrogen) atoms. The number of rotatable bonds is 4. The third kappa shape index (κ3) is 3.55. The number of fused-ring (bicyclic) bond motifs is 1. The molecule has 0 aliphatic carbocycles. The molecule has 1 aliphatic heterocycles. The van der Waals surface area contributed by atoms with Crippen molar-refractivity contribution in [2.24, 2.45) is 0 Å². The van der Waals surface area contributed by atoms with E-state index in [4.69, 9.17) is 4.42 Å². The summed E-state index contributed by atoms with van der Waals surface area (Å²) in [5, 5.41) is 0. The minimum Gasteiger partial charge on any atom is -0.440 e. The standard InChI is InChI=1S/C20H21N3O2/c24-19(8-7-15-4-3-11-21-14-15)23-12-9-16(10-13-23)20-22-17-5-1-2-6-18(17)25-20/h1-6,11,14,16H,7-10,12-13H2. The quantitative estimate of drug-likeness (QED) is 0.731. The van der Waals surface area contributed by atoms with Crippen molar-refractivity contribution in [1.82, 2.24) is 14.9 Å². The molecule has 0 atom stereocenters. The maximum absolute atomic E-state index is 12.4. The van der Waals surface area contributed by atoms with E-state index < -0.39 is 0 Å². The van der Waals surface area contributed by atoms with Gasteiger partial charge in [0.2, 0.25) is 5.91 Å². The summed E-state index contributed by atoms with van der Waals surface area (Å²) in [5.41, 5.74) is 2.86. The molecule has 0 unspecified atom stereocenters. The number of benzene rings is 1. The molecule has 1 amide bonds. The normalized spacial score (nSPS) is 15.6. The van der Waals surface area contributed by atoms with Crippen LogP contribution in [0.5, 0.6) is 0 Å². The fourth-order valence-corrected chi connectivity index (χ4v) is 3.40. The number of amides is 1. The minimum absolute atomic E-state index is 0.222. The number of nitrogens with zero attached hydrogens (tertiary/aromatic N) is 3. The first-order chi connectivity index (χ1) is 12.3. The molecule has 5 nitrogen and oxygen atoms in total. The fraction of sp³-hybridized carbons (Fsp3) is 0.350. The molecule has 2 aromatic heterocycles. The molecular weight excluding hydrogens is 314 g/mol. The summed E-state index contributed by atoms with van der Waals surface area (Å²) in [6.45, 7) is 1.55. The van der Waals surface area contributed by atoms with E-state index in [-0.39, 0.29) is 5.91 Å². The Bertz CT molecular complexity index is 819. The summed E-state index contributed by atoms with van der Waals surface area (Å²) in [6.07, 6.45) is 6.68. The van der Waals surface area contributed by atoms with Gasteiger partial charge in [0.25, 0.3) is 0 Å². The SMILES string of the molecule is O=C(CCc1cccnc1)N1CCC(c2nc3ccccc3o2)CC1. The number of pyridine rings is 1. The van der Waals surface area contributed by atoms with Crippen LogP contribution in [0, 0.1) is 0 Å². The molecule has 3 aromatic rings. The number of likely N-dealkylation sites (tertiary alicyclic amines) is 1. The summed E-state index contributed by atoms with van der Waals surface area (Å²) >= 11 is 0. The predicted molar refractivity (Wildman–Crippen MR) is 95.1 cm³/mol. The van der Waals surface area contributed by atoms with Gasteiger partial charge in [0, 0.05) is 37.8 Å². The van der Waals surface area contributed by atoms with Crippen molar-refractivity contribution in [3.8, 4) is 0 Å². The van der Waals surface area contributed by atoms with Gasteiger partial charge >= 0.3 is 0 Å². The van der Waals surface area contributed by atoms with Crippen LogP contribution < -0.4 is 0 Å². The lowest BCUT2D eigenvalue weighted by molar-refractivity contribution is -0.132. The number of carbonyl (C=O) groups excluding carboxylic acids is 1. The van der Waals surface area contributed by atoms with E-state index in [2.05, 4.69) is 9.97 Å². The molecule has 1 fully saturated rings. The Morgan fingerprint density at radius 3 is 2.76 bits per heavy atom. The van der Waals surface area contributed by atoms with Gasteiger partial charge in [-0.2, -0.15) is 0 Å². The molecule has 0 N–H and O–H groups in total. The van der Waals surface area contributed by atoms with Crippen LogP contribution in [0.25, 0.3) is 11.1 Å². The number of aryl methyl sites for hydroxylation is 1. The third-order valence-corrected chi connectivity index (χ3v) is 4.86. The van der Waals surface area contributed by atoms with Crippen LogP contribution in [-0.4, -0.2) is 33.9 Å². The van der Waals surface area contributed by atoms with Gasteiger partial charge in [-0.05, 0) is 43.0 Å². The Morgan fingerprint density at radius 2 is 2.00 bits per heavy atom. The van der Waals surface area contributed by atoms with Gasteiger partial charge in [0.15, 0.2) is 11.5 Å². The Balaban J connectivity index is 1.32. The summed E-state index contributed by atoms with van der Waals surface area (Å²) in [4.78, 5) is 23.1. The van der Waals surface area contributed by atoms with Gasteiger partial charge in [-0.3, -0.25) is 9.78 Å². The van der Waals surface area contributed by atoms with E-state index >= 15 is 0 Å². The zero-order chi connectivity index (χ0) is 17.1. The number of oxazole rings is 1. The highest BCUT2D eigenvalue weighted by Gasteiger charge is 2.26. The first-order valence-electron chi connectivity index (χ1n) is 8.82. The lowest BCUT2D eigenvalue weighted by Gasteiger charge is -2.30. The fourth-order valence-electron chi connectivity index (χ4n) is 3.40. The van der Waals surface area contributed by atoms with Crippen LogP contribution in [0.2, 0.25) is 0 Å². The molecule has 5 heteroatoms. The molecule has 1 saturated heterocycles. The Labute approximate surface area is 146 Å². The van der Waals surface area contributed by atoms with Crippen molar-refractivity contribution in [3.05, 3.63) is 60.2 Å². The van der Waals surface area contributed by atoms with E-state index in [0.29, 0.717) is 12.3 Å². The number of para-hydroxylation sites is 2. The van der Waals surface area contributed by atoms with Crippen LogP contribution in [0.3, 0.4) is 0 Å². The molecule has 0 radical (unpaired) electrons. The van der Waals surface area contributed by atoms with E-state index in [1.165, 1.54) is 0 Å². The number of carbonyl (C=O) groups is 1. The second-order valence-corrected chi connectivity index (χ2v) is 6.54. The van der Waals surface area contributed by atoms with Crippen LogP contribution in [0.1, 0.15) is 36.6 Å². The van der Waals surface area contributed by atoms with Crippen molar-refractivity contribution in [2.75, 3.05) is 13.1 Å². The lowest BCUT2D eigenvalue weighted by Crippen LogP contribution is -2.38. The molecule has 0 saturated carbocycles. The van der Waals surface area contributed by atoms with E-state index in [0.717, 1.165) is 54.9 Å². The first-order valence-corrected chi connectivity index (χ1v) is 8.82. The van der Waals surface area contributed by atoms with Crippen molar-refractivity contribution in [1.29, 1.82) is 0 Å². The molecule has 4 rings (SSSR count). The van der Waals surface area contributed by atoms with E-state index in [9.17, 15) is 4.79 Å². The highest BCUT2D eigenvalue weighted by Crippen LogP contribution is 2.30. The second kappa shape index (κ2) is 7.05. The van der Waals surface area contributed by atoms with E-state index in [1.807, 2.05) is 47.5 Å². The monoisotopic (exact) mass is 335 g/mol. The Hall–Kier alpha value is -2.69. The van der Waals surface area contributed by atoms with Crippen molar-refractivity contribution >= 4 is 17.0 Å². The maximum atomic E-state index is 12.4.